The van der Waals surface area contributed by atoms with Crippen LogP contribution >= 0.6 is 0 Å². The Kier molecular flexibility index (Phi) is 4.56. The Morgan fingerprint density at radius 3 is 2.77 bits per heavy atom. The van der Waals surface area contributed by atoms with Crippen LogP contribution in [0.1, 0.15) is 19.8 Å². The average molecular weight is 186 g/mol. The lowest BCUT2D eigenvalue weighted by Gasteiger charge is -2.24. The quantitative estimate of drug-likeness (QED) is 0.237. The van der Waals surface area contributed by atoms with Crippen molar-refractivity contribution < 1.29 is 4.74 Å². The van der Waals surface area contributed by atoms with Gasteiger partial charge in [-0.3, -0.25) is 10.4 Å². The zero-order chi connectivity index (χ0) is 9.52. The lowest BCUT2D eigenvalue weighted by atomic mass is 10.1. The number of nitrogens with two attached hydrogens (primary N) is 1. The highest BCUT2D eigenvalue weighted by Crippen LogP contribution is 2.05. The maximum Gasteiger partial charge on any atom is 0.205 e. The highest BCUT2D eigenvalue weighted by Gasteiger charge is 2.14. The number of hydrazine groups is 1. The summed E-state index contributed by atoms with van der Waals surface area (Å²) in [6.07, 6.45) is 2.04. The molecule has 0 atom stereocenters. The minimum absolute atomic E-state index is 0.440. The van der Waals surface area contributed by atoms with Gasteiger partial charge in [0, 0.05) is 25.8 Å². The molecule has 13 heavy (non-hydrogen) atoms. The lowest BCUT2D eigenvalue weighted by molar-refractivity contribution is 0.0822. The van der Waals surface area contributed by atoms with E-state index in [1.807, 2.05) is 6.92 Å². The van der Waals surface area contributed by atoms with Crippen LogP contribution < -0.4 is 16.6 Å². The Bertz CT molecular complexity index is 166. The summed E-state index contributed by atoms with van der Waals surface area (Å²) in [6, 6.07) is 0.440. The topological polar surface area (TPSA) is 71.7 Å². The number of ether oxygens (including phenoxy) is 1. The van der Waals surface area contributed by atoms with E-state index in [9.17, 15) is 0 Å². The number of aliphatic imine (C=N–C) groups is 1. The van der Waals surface area contributed by atoms with Gasteiger partial charge in [0.15, 0.2) is 0 Å². The summed E-state index contributed by atoms with van der Waals surface area (Å²) < 4.78 is 5.24. The Morgan fingerprint density at radius 2 is 2.23 bits per heavy atom. The second-order valence-electron chi connectivity index (χ2n) is 3.00. The molecule has 0 aromatic carbocycles. The summed E-state index contributed by atoms with van der Waals surface area (Å²) in [6.45, 7) is 4.35. The van der Waals surface area contributed by atoms with Crippen LogP contribution in [0.2, 0.25) is 0 Å². The Hall–Kier alpha value is -0.810. The van der Waals surface area contributed by atoms with Gasteiger partial charge in [-0.05, 0) is 19.8 Å². The number of nitrogens with zero attached hydrogens (tertiary/aromatic N) is 1. The maximum atomic E-state index is 5.30. The Morgan fingerprint density at radius 1 is 1.54 bits per heavy atom. The van der Waals surface area contributed by atoms with Crippen LogP contribution in [0.3, 0.4) is 0 Å². The second-order valence-corrected chi connectivity index (χ2v) is 3.00. The predicted molar refractivity (Wildman–Crippen MR) is 52.3 cm³/mol. The van der Waals surface area contributed by atoms with Crippen LogP contribution in [-0.2, 0) is 4.74 Å². The van der Waals surface area contributed by atoms with Crippen molar-refractivity contribution in [1.82, 2.24) is 10.7 Å². The van der Waals surface area contributed by atoms with Crippen LogP contribution in [-0.4, -0.2) is 31.8 Å². The van der Waals surface area contributed by atoms with Crippen molar-refractivity contribution in [1.29, 1.82) is 0 Å². The average Bonchev–Trinajstić information content (AvgIpc) is 2.19. The van der Waals surface area contributed by atoms with Gasteiger partial charge in [-0.15, -0.1) is 0 Å². The fourth-order valence-electron chi connectivity index (χ4n) is 1.33. The third-order valence-electron chi connectivity index (χ3n) is 2.02. The molecule has 1 aliphatic heterocycles. The molecule has 4 N–H and O–H groups in total. The summed E-state index contributed by atoms with van der Waals surface area (Å²) >= 11 is 0. The van der Waals surface area contributed by atoms with Crippen molar-refractivity contribution in [3.05, 3.63) is 0 Å². The first kappa shape index (κ1) is 10.3. The third kappa shape index (κ3) is 3.61. The maximum absolute atomic E-state index is 5.30. The smallest absolute Gasteiger partial charge is 0.205 e. The van der Waals surface area contributed by atoms with Crippen molar-refractivity contribution >= 4 is 5.96 Å². The molecule has 1 saturated heterocycles. The molecular weight excluding hydrogens is 168 g/mol. The molecule has 0 aromatic rings. The lowest BCUT2D eigenvalue weighted by Crippen LogP contribution is -2.48. The molecule has 76 valence electrons. The van der Waals surface area contributed by atoms with E-state index in [0.717, 1.165) is 32.6 Å². The van der Waals surface area contributed by atoms with Gasteiger partial charge in [0.2, 0.25) is 5.96 Å². The van der Waals surface area contributed by atoms with Gasteiger partial charge in [0.25, 0.3) is 0 Å². The molecule has 0 amide bonds. The molecule has 1 heterocycles. The van der Waals surface area contributed by atoms with Crippen LogP contribution in [0, 0.1) is 0 Å². The highest BCUT2D eigenvalue weighted by molar-refractivity contribution is 5.79. The van der Waals surface area contributed by atoms with Crippen molar-refractivity contribution in [3.8, 4) is 0 Å². The third-order valence-corrected chi connectivity index (χ3v) is 2.02. The zero-order valence-electron chi connectivity index (χ0n) is 8.05. The predicted octanol–water partition coefficient (Wildman–Crippen LogP) is -0.406. The molecule has 0 aliphatic carbocycles. The first-order valence-electron chi connectivity index (χ1n) is 4.72. The number of hydrogen-bond donors (Lipinski definition) is 3. The molecule has 0 spiro atoms. The van der Waals surface area contributed by atoms with Gasteiger partial charge in [-0.25, -0.2) is 5.84 Å². The van der Waals surface area contributed by atoms with Crippen molar-refractivity contribution in [2.24, 2.45) is 10.8 Å². The summed E-state index contributed by atoms with van der Waals surface area (Å²) in [4.78, 5) is 4.17. The fraction of sp³-hybridized carbons (Fsp3) is 0.875. The van der Waals surface area contributed by atoms with Gasteiger partial charge < -0.3 is 10.1 Å². The number of nitrogens with one attached hydrogen (secondary N) is 2. The summed E-state index contributed by atoms with van der Waals surface area (Å²) in [5.74, 6) is 5.98. The molecule has 1 aliphatic rings. The molecule has 0 unspecified atom stereocenters. The van der Waals surface area contributed by atoms with E-state index in [-0.39, 0.29) is 0 Å². The Balaban J connectivity index is 2.31. The van der Waals surface area contributed by atoms with E-state index in [1.54, 1.807) is 0 Å². The van der Waals surface area contributed by atoms with E-state index < -0.39 is 0 Å². The molecule has 0 aromatic heterocycles. The molecule has 5 heteroatoms. The van der Waals surface area contributed by atoms with Crippen molar-refractivity contribution in [2.45, 2.75) is 25.8 Å². The van der Waals surface area contributed by atoms with Gasteiger partial charge in [0.05, 0.1) is 0 Å². The van der Waals surface area contributed by atoms with Crippen LogP contribution in [0.5, 0.6) is 0 Å². The van der Waals surface area contributed by atoms with Gasteiger partial charge in [-0.2, -0.15) is 0 Å². The SMILES string of the molecule is CCN=C(NN)NC1CCOCC1. The van der Waals surface area contributed by atoms with E-state index in [1.165, 1.54) is 0 Å². The molecule has 5 nitrogen and oxygen atoms in total. The molecule has 1 fully saturated rings. The van der Waals surface area contributed by atoms with E-state index in [4.69, 9.17) is 10.6 Å². The van der Waals surface area contributed by atoms with Gasteiger partial charge >= 0.3 is 0 Å². The Labute approximate surface area is 78.7 Å². The first-order chi connectivity index (χ1) is 6.36. The molecule has 1 rings (SSSR count). The standard InChI is InChI=1S/C8H18N4O/c1-2-10-8(12-9)11-7-3-5-13-6-4-7/h7H,2-6,9H2,1H3,(H2,10,11,12). The first-order valence-corrected chi connectivity index (χ1v) is 4.72. The second kappa shape index (κ2) is 5.77. The minimum Gasteiger partial charge on any atom is -0.381 e. The fourth-order valence-corrected chi connectivity index (χ4v) is 1.33. The zero-order valence-corrected chi connectivity index (χ0v) is 8.05. The van der Waals surface area contributed by atoms with E-state index in [2.05, 4.69) is 15.7 Å². The van der Waals surface area contributed by atoms with E-state index in [0.29, 0.717) is 12.0 Å². The molecule has 0 saturated carbocycles. The van der Waals surface area contributed by atoms with Crippen LogP contribution in [0.4, 0.5) is 0 Å². The monoisotopic (exact) mass is 186 g/mol. The van der Waals surface area contributed by atoms with Crippen LogP contribution in [0.25, 0.3) is 0 Å². The highest BCUT2D eigenvalue weighted by atomic mass is 16.5. The molecular formula is C8H18N4O. The van der Waals surface area contributed by atoms with Gasteiger partial charge in [0.1, 0.15) is 0 Å². The number of rotatable bonds is 2. The van der Waals surface area contributed by atoms with E-state index >= 15 is 0 Å². The van der Waals surface area contributed by atoms with Crippen molar-refractivity contribution in [2.75, 3.05) is 19.8 Å². The number of guanidine groups is 1. The van der Waals surface area contributed by atoms with Gasteiger partial charge in [-0.1, -0.05) is 0 Å². The normalized spacial score (nSPS) is 20.0. The largest absolute Gasteiger partial charge is 0.381 e. The minimum atomic E-state index is 0.440. The van der Waals surface area contributed by atoms with Crippen molar-refractivity contribution in [3.63, 3.8) is 0 Å². The summed E-state index contributed by atoms with van der Waals surface area (Å²) in [5, 5.41) is 3.24. The summed E-state index contributed by atoms with van der Waals surface area (Å²) in [7, 11) is 0. The van der Waals surface area contributed by atoms with Crippen LogP contribution in [0.15, 0.2) is 4.99 Å². The number of hydrogen-bond acceptors (Lipinski definition) is 3. The summed E-state index contributed by atoms with van der Waals surface area (Å²) in [5.41, 5.74) is 2.55. The molecule has 0 radical (unpaired) electrons. The molecule has 0 bridgehead atoms.